The molecule has 0 amide bonds. The lowest BCUT2D eigenvalue weighted by atomic mass is 9.80. The summed E-state index contributed by atoms with van der Waals surface area (Å²) in [6.07, 6.45) is 65.8. The second kappa shape index (κ2) is 47.0. The molecule has 6 nitrogen and oxygen atoms in total. The van der Waals surface area contributed by atoms with Crippen LogP contribution in [0.2, 0.25) is 0 Å². The van der Waals surface area contributed by atoms with Crippen LogP contribution in [0.25, 0.3) is 63.6 Å². The molecule has 610 valence electrons. The van der Waals surface area contributed by atoms with E-state index in [1.165, 1.54) is 344 Å². The Balaban J connectivity index is 1.05. The molecule has 6 aromatic carbocycles. The molecule has 8 aromatic rings. The van der Waals surface area contributed by atoms with E-state index in [1.54, 1.807) is 0 Å². The van der Waals surface area contributed by atoms with E-state index in [9.17, 15) is 10.5 Å². The number of unbranched alkanes of at least 4 members (excludes halogenated alkanes) is 36. The quantitative estimate of drug-likeness (QED) is 0.0216. The smallest absolute Gasteiger partial charge is 0.206 e. The van der Waals surface area contributed by atoms with Gasteiger partial charge in [0.05, 0.1) is 22.8 Å². The van der Waals surface area contributed by atoms with Crippen molar-refractivity contribution in [2.24, 2.45) is 21.8 Å². The van der Waals surface area contributed by atoms with E-state index >= 15 is 0 Å². The molecule has 2 aliphatic heterocycles. The average Bonchev–Trinajstić information content (AvgIpc) is 1.54. The molecule has 0 fully saturated rings. The zero-order chi connectivity index (χ0) is 79.6. The van der Waals surface area contributed by atoms with Gasteiger partial charge >= 0.3 is 0 Å². The minimum atomic E-state index is -0.0616. The summed E-state index contributed by atoms with van der Waals surface area (Å²) in [6, 6.07) is 42.7. The minimum Gasteiger partial charge on any atom is -0.337 e. The molecule has 4 heterocycles. The number of benzene rings is 6. The molecular formula is C105H148N6S2. The van der Waals surface area contributed by atoms with Crippen LogP contribution in [0, 0.1) is 34.7 Å². The third-order valence-electron chi connectivity index (χ3n) is 26.2. The molecule has 113 heavy (non-hydrogen) atoms. The summed E-state index contributed by atoms with van der Waals surface area (Å²) in [5, 5.41) is 30.3. The summed E-state index contributed by atoms with van der Waals surface area (Å²) in [5.74, 6) is 0.830. The topological polar surface area (TPSA) is 78.8 Å². The summed E-state index contributed by atoms with van der Waals surface area (Å²) in [5.41, 5.74) is 12.8. The van der Waals surface area contributed by atoms with Crippen LogP contribution in [0.1, 0.15) is 393 Å². The summed E-state index contributed by atoms with van der Waals surface area (Å²) < 4.78 is 0. The first-order chi connectivity index (χ1) is 55.3. The van der Waals surface area contributed by atoms with Gasteiger partial charge in [-0.15, -0.1) is 22.7 Å². The van der Waals surface area contributed by atoms with Gasteiger partial charge in [-0.3, -0.25) is 0 Å². The first kappa shape index (κ1) is 88.8. The molecule has 0 saturated heterocycles. The predicted octanol–water partition coefficient (Wildman–Crippen LogP) is 34.0. The van der Waals surface area contributed by atoms with Gasteiger partial charge in [-0.2, -0.15) is 20.5 Å². The maximum atomic E-state index is 11.3. The van der Waals surface area contributed by atoms with Crippen molar-refractivity contribution in [2.45, 2.75) is 382 Å². The number of rotatable bonds is 56. The van der Waals surface area contributed by atoms with Crippen LogP contribution in [-0.4, -0.2) is 24.5 Å². The lowest BCUT2D eigenvalue weighted by molar-refractivity contribution is 0.403. The van der Waals surface area contributed by atoms with Gasteiger partial charge in [0, 0.05) is 43.7 Å². The second-order valence-corrected chi connectivity index (χ2v) is 38.2. The molecular weight excluding hydrogens is 1410 g/mol. The highest BCUT2D eigenvalue weighted by molar-refractivity contribution is 7.18. The normalized spacial score (nSPS) is 14.6. The number of anilines is 2. The Morgan fingerprint density at radius 2 is 0.664 bits per heavy atom. The third kappa shape index (κ3) is 25.0. The van der Waals surface area contributed by atoms with Crippen LogP contribution in [0.15, 0.2) is 131 Å². The first-order valence-corrected chi connectivity index (χ1v) is 48.4. The van der Waals surface area contributed by atoms with Gasteiger partial charge in [0.2, 0.25) is 12.4 Å². The molecule has 0 N–H and O–H groups in total. The van der Waals surface area contributed by atoms with Crippen LogP contribution in [0.4, 0.5) is 11.4 Å². The molecule has 10 rings (SSSR count). The zero-order valence-corrected chi connectivity index (χ0v) is 74.3. The molecule has 0 bridgehead atoms. The molecule has 0 unspecified atom stereocenters. The van der Waals surface area contributed by atoms with Gasteiger partial charge < -0.3 is 9.80 Å². The monoisotopic (exact) mass is 1560 g/mol. The summed E-state index contributed by atoms with van der Waals surface area (Å²) >= 11 is 3.82. The Morgan fingerprint density at radius 1 is 0.336 bits per heavy atom. The summed E-state index contributed by atoms with van der Waals surface area (Å²) in [6.45, 7) is 25.1. The predicted molar refractivity (Wildman–Crippen MR) is 499 cm³/mol. The number of fused-ring (bicyclic) bond motifs is 2. The van der Waals surface area contributed by atoms with Gasteiger partial charge in [-0.1, -0.05) is 375 Å². The zero-order valence-electron chi connectivity index (χ0n) is 72.7. The number of allylic oxidation sites excluding steroid dienone is 2. The Labute approximate surface area is 696 Å². The number of thiophene rings is 2. The average molecular weight is 1560 g/mol. The number of aliphatic imine (C=N–C) groups is 2. The maximum absolute atomic E-state index is 11.3. The Bertz CT molecular complexity index is 4230. The maximum Gasteiger partial charge on any atom is 0.206 e. The number of nitrogens with zero attached hydrogens (tertiary/aromatic N) is 6. The minimum absolute atomic E-state index is 0.0616. The first-order valence-electron chi connectivity index (χ1n) is 46.8. The van der Waals surface area contributed by atoms with E-state index in [0.29, 0.717) is 17.5 Å². The van der Waals surface area contributed by atoms with Crippen LogP contribution in [0.5, 0.6) is 0 Å². The fraction of sp³-hybridized carbons (Fsp3) is 0.600. The van der Waals surface area contributed by atoms with E-state index in [1.807, 2.05) is 22.7 Å². The molecule has 0 saturated carbocycles. The Kier molecular flexibility index (Phi) is 36.9. The van der Waals surface area contributed by atoms with E-state index in [-0.39, 0.29) is 10.8 Å². The van der Waals surface area contributed by atoms with Crippen molar-refractivity contribution >= 4 is 77.8 Å². The van der Waals surface area contributed by atoms with Crippen molar-refractivity contribution in [1.82, 2.24) is 0 Å². The molecule has 2 aromatic heterocycles. The lowest BCUT2D eigenvalue weighted by Gasteiger charge is -2.33. The van der Waals surface area contributed by atoms with Crippen molar-refractivity contribution in [3.05, 3.63) is 142 Å². The third-order valence-corrected chi connectivity index (χ3v) is 28.9. The highest BCUT2D eigenvalue weighted by Gasteiger charge is 2.43. The molecule has 8 heteroatoms. The fourth-order valence-electron chi connectivity index (χ4n) is 18.8. The van der Waals surface area contributed by atoms with Crippen LogP contribution < -0.4 is 9.80 Å². The van der Waals surface area contributed by atoms with E-state index in [4.69, 9.17) is 9.98 Å². The van der Waals surface area contributed by atoms with E-state index < -0.39 is 0 Å². The summed E-state index contributed by atoms with van der Waals surface area (Å²) in [7, 11) is 0. The number of hydrogen-bond acceptors (Lipinski definition) is 8. The van der Waals surface area contributed by atoms with Gasteiger partial charge in [-0.05, 0) is 182 Å². The Hall–Kier alpha value is -6.58. The number of hydrogen-bond donors (Lipinski definition) is 0. The summed E-state index contributed by atoms with van der Waals surface area (Å²) in [4.78, 5) is 20.7. The van der Waals surface area contributed by atoms with Crippen molar-refractivity contribution in [3.8, 4) is 43.7 Å². The Morgan fingerprint density at radius 3 is 1.02 bits per heavy atom. The molecule has 0 aliphatic carbocycles. The standard InChI is InChI=1S/C105H148N6S2/c1-11-17-21-25-29-33-37-41-45-49-53-80(54-50-46-42-38-34-30-26-22-18-12-2)76-110-92-74-82(94-65-66-95(112-94)87-70-83-57-59-85-72-88(96-67-68-97(113-96)104(7,8)16-6)73-86-60-58-84(71-87)98(83)99(85)86)61-63-90(92)100(108-78-106)102(110)103-101(109-79-107)91-64-62-89(105(9,10)69-15-5)75-93(91)111(103)77-81(55-51-47-43-39-35-31-27-23-19-13-3)56-52-48-44-40-36-32-28-24-20-14-4/h57-68,70-75,80-81H,11-56,69,76-77H2,1-10H3. The van der Waals surface area contributed by atoms with Crippen LogP contribution in [-0.2, 0) is 10.8 Å². The van der Waals surface area contributed by atoms with Gasteiger partial charge in [0.15, 0.2) is 0 Å². The highest BCUT2D eigenvalue weighted by Crippen LogP contribution is 2.50. The highest BCUT2D eigenvalue weighted by atomic mass is 32.1. The molecule has 2 aliphatic rings. The lowest BCUT2D eigenvalue weighted by Crippen LogP contribution is -2.35. The molecule has 0 atom stereocenters. The van der Waals surface area contributed by atoms with E-state index in [2.05, 4.69) is 201 Å². The molecule has 0 spiro atoms. The SMILES string of the molecule is CCCCCCCCCCCCC(CCCCCCCCCCCC)CN1C(=C2C(=NC#N)c3ccc(C(C)(C)CCC)cc3N2CC(CCCCCCCCCCCC)CCCCCCCCCCCC)C(=NC#N)c2ccc(-c3ccc(-c4cc5ccc6cc(-c7ccc(C(C)(C)CC)s7)cc7ccc(c4)c5c67)s3)cc21. The molecule has 0 radical (unpaired) electrons. The van der Waals surface area contributed by atoms with Gasteiger partial charge in [-0.25, -0.2) is 0 Å². The second-order valence-electron chi connectivity index (χ2n) is 36.0. The van der Waals surface area contributed by atoms with Crippen molar-refractivity contribution in [3.63, 3.8) is 0 Å². The van der Waals surface area contributed by atoms with Crippen molar-refractivity contribution < 1.29 is 0 Å². The van der Waals surface area contributed by atoms with Crippen molar-refractivity contribution in [2.75, 3.05) is 22.9 Å². The van der Waals surface area contributed by atoms with Gasteiger partial charge in [0.25, 0.3) is 0 Å². The van der Waals surface area contributed by atoms with Gasteiger partial charge in [0.1, 0.15) is 11.4 Å². The van der Waals surface area contributed by atoms with Crippen LogP contribution in [0.3, 0.4) is 0 Å². The van der Waals surface area contributed by atoms with Crippen molar-refractivity contribution in [1.29, 1.82) is 10.5 Å². The van der Waals surface area contributed by atoms with Crippen LogP contribution >= 0.6 is 22.7 Å². The fourth-order valence-corrected chi connectivity index (χ4v) is 21.0. The largest absolute Gasteiger partial charge is 0.337 e. The van der Waals surface area contributed by atoms with E-state index in [0.717, 1.165) is 84.8 Å². The number of nitriles is 2.